The molecule has 0 aliphatic carbocycles. The number of carbonyl (C=O) groups excluding carboxylic acids is 2. The van der Waals surface area contributed by atoms with Crippen molar-refractivity contribution >= 4 is 51.6 Å². The molecular formula is C25H25ClN6O2S2. The lowest BCUT2D eigenvalue weighted by atomic mass is 10.0. The van der Waals surface area contributed by atoms with Crippen molar-refractivity contribution in [3.8, 4) is 11.3 Å². The zero-order valence-electron chi connectivity index (χ0n) is 19.9. The van der Waals surface area contributed by atoms with Crippen molar-refractivity contribution in [2.75, 3.05) is 11.1 Å². The molecule has 8 nitrogen and oxygen atoms in total. The van der Waals surface area contributed by atoms with Crippen LogP contribution in [0.4, 0.5) is 5.13 Å². The highest BCUT2D eigenvalue weighted by Gasteiger charge is 2.25. The van der Waals surface area contributed by atoms with Crippen LogP contribution in [-0.4, -0.2) is 37.3 Å². The molecule has 2 aromatic heterocycles. The largest absolute Gasteiger partial charge is 0.342 e. The van der Waals surface area contributed by atoms with Gasteiger partial charge >= 0.3 is 0 Å². The third-order valence-electron chi connectivity index (χ3n) is 5.36. The fourth-order valence-electron chi connectivity index (χ4n) is 3.44. The molecule has 2 amide bonds. The topological polar surface area (TPSA) is 102 Å². The molecule has 0 aliphatic rings. The summed E-state index contributed by atoms with van der Waals surface area (Å²) >= 11 is 8.58. The van der Waals surface area contributed by atoms with E-state index in [4.69, 9.17) is 11.6 Å². The predicted molar refractivity (Wildman–Crippen MR) is 144 cm³/mol. The Bertz CT molecular complexity index is 1340. The summed E-state index contributed by atoms with van der Waals surface area (Å²) in [5.41, 5.74) is 2.33. The van der Waals surface area contributed by atoms with E-state index in [1.165, 1.54) is 23.1 Å². The standard InChI is InChI=1S/C25H25ClN6O2S2/c1-15(2)21(29-23(34)17-9-11-18(26)12-10-17)22-30-31-25(32(22)3)36-14-20(33)28-24-27-19(13-35-24)16-7-5-4-6-8-16/h4-13,15,21H,14H2,1-3H3,(H,29,34)(H,27,28,33)/t21-/m0/s1. The first-order valence-electron chi connectivity index (χ1n) is 11.2. The van der Waals surface area contributed by atoms with E-state index in [-0.39, 0.29) is 29.5 Å². The highest BCUT2D eigenvalue weighted by atomic mass is 35.5. The van der Waals surface area contributed by atoms with Gasteiger partial charge in [0.1, 0.15) is 0 Å². The summed E-state index contributed by atoms with van der Waals surface area (Å²) in [7, 11) is 1.83. The van der Waals surface area contributed by atoms with E-state index in [2.05, 4.69) is 25.8 Å². The maximum absolute atomic E-state index is 12.8. The zero-order chi connectivity index (χ0) is 25.7. The van der Waals surface area contributed by atoms with Gasteiger partial charge in [-0.05, 0) is 30.2 Å². The normalized spacial score (nSPS) is 11.9. The number of aromatic nitrogens is 4. The molecule has 0 aliphatic heterocycles. The molecule has 0 bridgehead atoms. The van der Waals surface area contributed by atoms with Crippen molar-refractivity contribution in [2.45, 2.75) is 25.0 Å². The molecule has 1 atom stereocenters. The minimum absolute atomic E-state index is 0.0639. The molecule has 186 valence electrons. The number of anilines is 1. The molecule has 4 rings (SSSR count). The molecule has 2 N–H and O–H groups in total. The van der Waals surface area contributed by atoms with Gasteiger partial charge in [0, 0.05) is 28.6 Å². The van der Waals surface area contributed by atoms with Crippen LogP contribution in [0.3, 0.4) is 0 Å². The van der Waals surface area contributed by atoms with Gasteiger partial charge in [0.2, 0.25) is 5.91 Å². The van der Waals surface area contributed by atoms with Gasteiger partial charge in [0.25, 0.3) is 5.91 Å². The Morgan fingerprint density at radius 1 is 1.08 bits per heavy atom. The summed E-state index contributed by atoms with van der Waals surface area (Å²) in [6.45, 7) is 4.00. The Kier molecular flexibility index (Phi) is 8.40. The van der Waals surface area contributed by atoms with Crippen LogP contribution in [0.2, 0.25) is 5.02 Å². The molecule has 2 heterocycles. The van der Waals surface area contributed by atoms with E-state index in [1.807, 2.05) is 61.2 Å². The van der Waals surface area contributed by atoms with Crippen LogP contribution in [0.5, 0.6) is 0 Å². The van der Waals surface area contributed by atoms with Crippen molar-refractivity contribution in [2.24, 2.45) is 13.0 Å². The number of thiazole rings is 1. The van der Waals surface area contributed by atoms with Gasteiger partial charge in [-0.1, -0.05) is 67.5 Å². The van der Waals surface area contributed by atoms with Gasteiger partial charge in [-0.2, -0.15) is 0 Å². The van der Waals surface area contributed by atoms with Crippen molar-refractivity contribution < 1.29 is 9.59 Å². The average molecular weight is 541 g/mol. The Morgan fingerprint density at radius 3 is 2.50 bits per heavy atom. The summed E-state index contributed by atoms with van der Waals surface area (Å²) in [4.78, 5) is 29.8. The number of carbonyl (C=O) groups is 2. The van der Waals surface area contributed by atoms with Crippen molar-refractivity contribution in [1.82, 2.24) is 25.1 Å². The number of benzene rings is 2. The summed E-state index contributed by atoms with van der Waals surface area (Å²) in [6, 6.07) is 16.2. The van der Waals surface area contributed by atoms with Crippen LogP contribution in [0.15, 0.2) is 65.1 Å². The molecule has 2 aromatic carbocycles. The average Bonchev–Trinajstić information content (AvgIpc) is 3.48. The number of halogens is 1. The number of hydrogen-bond donors (Lipinski definition) is 2. The van der Waals surface area contributed by atoms with Crippen molar-refractivity contribution in [1.29, 1.82) is 0 Å². The fourth-order valence-corrected chi connectivity index (χ4v) is 5.02. The van der Waals surface area contributed by atoms with Gasteiger partial charge < -0.3 is 15.2 Å². The molecule has 11 heteroatoms. The molecule has 4 aromatic rings. The van der Waals surface area contributed by atoms with Crippen LogP contribution in [0.25, 0.3) is 11.3 Å². The molecule has 0 spiro atoms. The summed E-state index contributed by atoms with van der Waals surface area (Å²) in [6.07, 6.45) is 0. The SMILES string of the molecule is CC(C)[C@H](NC(=O)c1ccc(Cl)cc1)c1nnc(SCC(=O)Nc2nc(-c3ccccc3)cs2)n1C. The van der Waals surface area contributed by atoms with Crippen LogP contribution in [-0.2, 0) is 11.8 Å². The highest BCUT2D eigenvalue weighted by Crippen LogP contribution is 2.26. The number of rotatable bonds is 9. The lowest BCUT2D eigenvalue weighted by Gasteiger charge is -2.21. The summed E-state index contributed by atoms with van der Waals surface area (Å²) < 4.78 is 1.81. The van der Waals surface area contributed by atoms with E-state index in [9.17, 15) is 9.59 Å². The second-order valence-electron chi connectivity index (χ2n) is 8.34. The van der Waals surface area contributed by atoms with Gasteiger partial charge in [-0.25, -0.2) is 4.98 Å². The first-order valence-corrected chi connectivity index (χ1v) is 13.5. The minimum atomic E-state index is -0.361. The second-order valence-corrected chi connectivity index (χ2v) is 10.6. The third-order valence-corrected chi connectivity index (χ3v) is 7.39. The number of nitrogens with zero attached hydrogens (tertiary/aromatic N) is 4. The van der Waals surface area contributed by atoms with Gasteiger partial charge in [-0.15, -0.1) is 21.5 Å². The maximum Gasteiger partial charge on any atom is 0.251 e. The minimum Gasteiger partial charge on any atom is -0.342 e. The number of amides is 2. The fraction of sp³-hybridized carbons (Fsp3) is 0.240. The third kappa shape index (κ3) is 6.31. The van der Waals surface area contributed by atoms with Gasteiger partial charge in [-0.3, -0.25) is 9.59 Å². The van der Waals surface area contributed by atoms with Gasteiger partial charge in [0.15, 0.2) is 16.1 Å². The first kappa shape index (κ1) is 25.9. The summed E-state index contributed by atoms with van der Waals surface area (Å²) in [5.74, 6) is 0.419. The van der Waals surface area contributed by atoms with Crippen molar-refractivity contribution in [3.63, 3.8) is 0 Å². The van der Waals surface area contributed by atoms with Crippen molar-refractivity contribution in [3.05, 3.63) is 76.4 Å². The molecular weight excluding hydrogens is 516 g/mol. The van der Waals surface area contributed by atoms with Gasteiger partial charge in [0.05, 0.1) is 17.5 Å². The maximum atomic E-state index is 12.8. The smallest absolute Gasteiger partial charge is 0.251 e. The van der Waals surface area contributed by atoms with Crippen LogP contribution in [0, 0.1) is 5.92 Å². The Morgan fingerprint density at radius 2 is 1.81 bits per heavy atom. The van der Waals surface area contributed by atoms with E-state index >= 15 is 0 Å². The number of hydrogen-bond acceptors (Lipinski definition) is 7. The van der Waals surface area contributed by atoms with E-state index in [0.717, 1.165) is 11.3 Å². The molecule has 0 saturated carbocycles. The molecule has 0 unspecified atom stereocenters. The molecule has 36 heavy (non-hydrogen) atoms. The molecule has 0 fully saturated rings. The van der Waals surface area contributed by atoms with E-state index in [0.29, 0.717) is 26.7 Å². The predicted octanol–water partition coefficient (Wildman–Crippen LogP) is 5.45. The zero-order valence-corrected chi connectivity index (χ0v) is 22.3. The van der Waals surface area contributed by atoms with E-state index < -0.39 is 0 Å². The quantitative estimate of drug-likeness (QED) is 0.274. The molecule has 0 saturated heterocycles. The molecule has 0 radical (unpaired) electrons. The highest BCUT2D eigenvalue weighted by molar-refractivity contribution is 7.99. The number of nitrogens with one attached hydrogen (secondary N) is 2. The lowest BCUT2D eigenvalue weighted by Crippen LogP contribution is -2.33. The van der Waals surface area contributed by atoms with Crippen LogP contribution >= 0.6 is 34.7 Å². The van der Waals surface area contributed by atoms with Crippen LogP contribution in [0.1, 0.15) is 36.1 Å². The first-order chi connectivity index (χ1) is 17.3. The number of thioether (sulfide) groups is 1. The summed E-state index contributed by atoms with van der Waals surface area (Å²) in [5, 5.41) is 18.0. The Labute approximate surface area is 222 Å². The van der Waals surface area contributed by atoms with Crippen LogP contribution < -0.4 is 10.6 Å². The lowest BCUT2D eigenvalue weighted by molar-refractivity contribution is -0.113. The van der Waals surface area contributed by atoms with E-state index in [1.54, 1.807) is 24.3 Å². The Balaban J connectivity index is 1.37. The second kappa shape index (κ2) is 11.7. The monoisotopic (exact) mass is 540 g/mol. The Hall–Kier alpha value is -3.21.